The van der Waals surface area contributed by atoms with Crippen molar-refractivity contribution in [2.24, 2.45) is 7.05 Å². The third-order valence-electron chi connectivity index (χ3n) is 5.18. The van der Waals surface area contributed by atoms with Crippen LogP contribution in [0.25, 0.3) is 11.0 Å². The van der Waals surface area contributed by atoms with Crippen LogP contribution in [-0.2, 0) is 18.4 Å². The number of benzene rings is 3. The van der Waals surface area contributed by atoms with Gasteiger partial charge in [-0.05, 0) is 48.9 Å². The second-order valence-corrected chi connectivity index (χ2v) is 7.28. The van der Waals surface area contributed by atoms with Crippen molar-refractivity contribution in [1.29, 1.82) is 0 Å². The zero-order valence-corrected chi connectivity index (χ0v) is 18.4. The molecule has 0 saturated carbocycles. The Hall–Kier alpha value is -4.00. The van der Waals surface area contributed by atoms with E-state index in [-0.39, 0.29) is 6.61 Å². The molecule has 0 bridgehead atoms. The zero-order valence-electron chi connectivity index (χ0n) is 18.4. The van der Waals surface area contributed by atoms with E-state index in [4.69, 9.17) is 18.9 Å². The zero-order chi connectivity index (χ0) is 22.7. The van der Waals surface area contributed by atoms with Crippen molar-refractivity contribution < 1.29 is 23.7 Å². The summed E-state index contributed by atoms with van der Waals surface area (Å²) < 4.78 is 24.0. The minimum Gasteiger partial charge on any atom is -0.496 e. The Morgan fingerprint density at radius 1 is 0.969 bits per heavy atom. The van der Waals surface area contributed by atoms with Gasteiger partial charge in [0.05, 0.1) is 30.8 Å². The first kappa shape index (κ1) is 21.2. The minimum absolute atomic E-state index is 0.251. The van der Waals surface area contributed by atoms with Gasteiger partial charge in [-0.15, -0.1) is 0 Å². The molecule has 0 aliphatic rings. The van der Waals surface area contributed by atoms with Crippen molar-refractivity contribution in [1.82, 2.24) is 9.55 Å². The van der Waals surface area contributed by atoms with Crippen molar-refractivity contribution in [3.63, 3.8) is 0 Å². The summed E-state index contributed by atoms with van der Waals surface area (Å²) in [7, 11) is 4.92. The molecular formula is C25H24N2O5. The highest BCUT2D eigenvalue weighted by Gasteiger charge is 2.12. The lowest BCUT2D eigenvalue weighted by Gasteiger charge is -2.10. The number of hydrogen-bond donors (Lipinski definition) is 0. The number of esters is 1. The number of fused-ring (bicyclic) bond motifs is 1. The van der Waals surface area contributed by atoms with Gasteiger partial charge in [-0.1, -0.05) is 12.1 Å². The van der Waals surface area contributed by atoms with Crippen LogP contribution in [0.4, 0.5) is 0 Å². The quantitative estimate of drug-likeness (QED) is 0.381. The van der Waals surface area contributed by atoms with Crippen molar-refractivity contribution in [3.8, 4) is 23.0 Å². The summed E-state index contributed by atoms with van der Waals surface area (Å²) in [5.41, 5.74) is 3.24. The third-order valence-corrected chi connectivity index (χ3v) is 5.18. The van der Waals surface area contributed by atoms with Crippen LogP contribution in [0.1, 0.15) is 21.7 Å². The van der Waals surface area contributed by atoms with Crippen molar-refractivity contribution >= 4 is 17.0 Å². The van der Waals surface area contributed by atoms with E-state index in [9.17, 15) is 4.79 Å². The molecule has 0 saturated heterocycles. The number of methoxy groups -OCH3 is 2. The lowest BCUT2D eigenvalue weighted by atomic mass is 10.2. The van der Waals surface area contributed by atoms with Gasteiger partial charge in [0, 0.05) is 19.2 Å². The summed E-state index contributed by atoms with van der Waals surface area (Å²) in [6.07, 6.45) is 0. The van der Waals surface area contributed by atoms with E-state index in [0.29, 0.717) is 22.8 Å². The van der Waals surface area contributed by atoms with Crippen LogP contribution < -0.4 is 14.2 Å². The first-order valence-electron chi connectivity index (χ1n) is 10.1. The normalized spacial score (nSPS) is 10.8. The molecule has 4 rings (SSSR count). The van der Waals surface area contributed by atoms with Crippen LogP contribution in [-0.4, -0.2) is 29.7 Å². The van der Waals surface area contributed by atoms with E-state index in [2.05, 4.69) is 4.98 Å². The topological polar surface area (TPSA) is 71.8 Å². The smallest absolute Gasteiger partial charge is 0.337 e. The molecule has 0 atom stereocenters. The number of ether oxygens (including phenoxy) is 4. The van der Waals surface area contributed by atoms with E-state index < -0.39 is 5.97 Å². The summed E-state index contributed by atoms with van der Waals surface area (Å²) >= 11 is 0. The van der Waals surface area contributed by atoms with Crippen molar-refractivity contribution in [2.75, 3.05) is 14.2 Å². The third kappa shape index (κ3) is 4.37. The monoisotopic (exact) mass is 432 g/mol. The summed E-state index contributed by atoms with van der Waals surface area (Å²) in [5.74, 6) is 3.08. The molecule has 0 amide bonds. The number of hydrogen-bond acceptors (Lipinski definition) is 6. The van der Waals surface area contributed by atoms with E-state index >= 15 is 0 Å². The maximum Gasteiger partial charge on any atom is 0.337 e. The fourth-order valence-electron chi connectivity index (χ4n) is 3.39. The van der Waals surface area contributed by atoms with Gasteiger partial charge in [-0.3, -0.25) is 0 Å². The molecule has 3 aromatic carbocycles. The maximum atomic E-state index is 11.7. The van der Waals surface area contributed by atoms with Gasteiger partial charge in [0.2, 0.25) is 0 Å². The first-order chi connectivity index (χ1) is 15.5. The minimum atomic E-state index is -0.406. The summed E-state index contributed by atoms with van der Waals surface area (Å²) in [5, 5.41) is 0. The molecule has 0 radical (unpaired) electrons. The van der Waals surface area contributed by atoms with Crippen LogP contribution in [0.2, 0.25) is 0 Å². The predicted molar refractivity (Wildman–Crippen MR) is 121 cm³/mol. The Bertz CT molecular complexity index is 1280. The highest BCUT2D eigenvalue weighted by molar-refractivity contribution is 5.89. The van der Waals surface area contributed by atoms with E-state index in [0.717, 1.165) is 28.2 Å². The Morgan fingerprint density at radius 2 is 1.75 bits per heavy atom. The van der Waals surface area contributed by atoms with Crippen molar-refractivity contribution in [2.45, 2.75) is 13.5 Å². The summed E-state index contributed by atoms with van der Waals surface area (Å²) in [6.45, 7) is 2.24. The molecule has 1 aromatic heterocycles. The van der Waals surface area contributed by atoms with Gasteiger partial charge in [0.15, 0.2) is 0 Å². The second-order valence-electron chi connectivity index (χ2n) is 7.28. The average molecular weight is 432 g/mol. The molecule has 7 heteroatoms. The van der Waals surface area contributed by atoms with E-state index in [1.165, 1.54) is 7.11 Å². The molecule has 0 aliphatic heterocycles. The lowest BCUT2D eigenvalue weighted by Crippen LogP contribution is -2.05. The molecule has 164 valence electrons. The maximum absolute atomic E-state index is 11.7. The average Bonchev–Trinajstić information content (AvgIpc) is 3.13. The van der Waals surface area contributed by atoms with Gasteiger partial charge < -0.3 is 23.5 Å². The highest BCUT2D eigenvalue weighted by Crippen LogP contribution is 2.30. The van der Waals surface area contributed by atoms with Gasteiger partial charge in [-0.2, -0.15) is 0 Å². The summed E-state index contributed by atoms with van der Waals surface area (Å²) in [6, 6.07) is 18.3. The Balaban J connectivity index is 1.52. The number of carbonyl (C=O) groups excluding carboxylic acids is 1. The molecular weight excluding hydrogens is 408 g/mol. The van der Waals surface area contributed by atoms with Crippen LogP contribution in [0.3, 0.4) is 0 Å². The number of aromatic nitrogens is 2. The Kier molecular flexibility index (Phi) is 5.98. The van der Waals surface area contributed by atoms with Gasteiger partial charge >= 0.3 is 5.97 Å². The van der Waals surface area contributed by atoms with Crippen LogP contribution in [0.5, 0.6) is 23.0 Å². The Labute approximate surface area is 186 Å². The van der Waals surface area contributed by atoms with Gasteiger partial charge in [0.1, 0.15) is 35.4 Å². The van der Waals surface area contributed by atoms with Crippen molar-refractivity contribution in [3.05, 3.63) is 77.6 Å². The predicted octanol–water partition coefficient (Wildman–Crippen LogP) is 5.05. The number of rotatable bonds is 7. The molecule has 0 unspecified atom stereocenters. The summed E-state index contributed by atoms with van der Waals surface area (Å²) in [4.78, 5) is 16.4. The number of nitrogens with zero attached hydrogens (tertiary/aromatic N) is 2. The highest BCUT2D eigenvalue weighted by atomic mass is 16.5. The molecule has 1 heterocycles. The first-order valence-corrected chi connectivity index (χ1v) is 10.1. The molecule has 0 spiro atoms. The molecule has 0 N–H and O–H groups in total. The lowest BCUT2D eigenvalue weighted by molar-refractivity contribution is 0.0600. The molecule has 0 fully saturated rings. The van der Waals surface area contributed by atoms with Crippen LogP contribution in [0, 0.1) is 6.92 Å². The van der Waals surface area contributed by atoms with E-state index in [1.54, 1.807) is 31.4 Å². The largest absolute Gasteiger partial charge is 0.496 e. The van der Waals surface area contributed by atoms with Crippen LogP contribution in [0.15, 0.2) is 60.7 Å². The number of imidazole rings is 1. The van der Waals surface area contributed by atoms with Gasteiger partial charge in [-0.25, -0.2) is 9.78 Å². The molecule has 0 aliphatic carbocycles. The standard InChI is InChI=1S/C25H24N2O5/c1-16-8-9-20(14-23(16)29-3)32-19-10-11-21-22(13-19)27(2)24(26-21)15-31-18-7-5-6-17(12-18)25(28)30-4/h5-14H,15H2,1-4H3. The molecule has 32 heavy (non-hydrogen) atoms. The molecule has 4 aromatic rings. The van der Waals surface area contributed by atoms with Gasteiger partial charge in [0.25, 0.3) is 0 Å². The number of carbonyl (C=O) groups is 1. The second kappa shape index (κ2) is 9.01. The fraction of sp³-hybridized carbons (Fsp3) is 0.200. The van der Waals surface area contributed by atoms with Crippen LogP contribution >= 0.6 is 0 Å². The number of aryl methyl sites for hydroxylation is 2. The van der Waals surface area contributed by atoms with E-state index in [1.807, 2.05) is 54.9 Å². The SMILES string of the molecule is COC(=O)c1cccc(OCc2nc3ccc(Oc4ccc(C)c(OC)c4)cc3n2C)c1. The fourth-order valence-corrected chi connectivity index (χ4v) is 3.39. The Morgan fingerprint density at radius 3 is 2.53 bits per heavy atom. The molecule has 7 nitrogen and oxygen atoms in total.